The third-order valence-electron chi connectivity index (χ3n) is 3.29. The molecule has 0 saturated heterocycles. The van der Waals surface area contributed by atoms with Crippen LogP contribution in [0.4, 0.5) is 0 Å². The standard InChI is InChI=1S/C15H17N3O2/c1-10(2)14-16-17-15(20-14)13-9-11-5-3-4-6-12(11)18(13)7-8-19/h3-6,9-10,19H,7-8H2,1-2H3. The quantitative estimate of drug-likeness (QED) is 0.792. The van der Waals surface area contributed by atoms with E-state index in [4.69, 9.17) is 4.42 Å². The zero-order valence-corrected chi connectivity index (χ0v) is 11.6. The van der Waals surface area contributed by atoms with Gasteiger partial charge >= 0.3 is 0 Å². The van der Waals surface area contributed by atoms with Crippen LogP contribution in [0.15, 0.2) is 34.7 Å². The molecule has 5 nitrogen and oxygen atoms in total. The Morgan fingerprint density at radius 2 is 2.05 bits per heavy atom. The van der Waals surface area contributed by atoms with E-state index in [1.165, 1.54) is 0 Å². The van der Waals surface area contributed by atoms with Gasteiger partial charge in [0.05, 0.1) is 6.61 Å². The van der Waals surface area contributed by atoms with E-state index in [1.54, 1.807) is 0 Å². The highest BCUT2D eigenvalue weighted by Crippen LogP contribution is 2.28. The van der Waals surface area contributed by atoms with Gasteiger partial charge in [0.2, 0.25) is 5.89 Å². The molecule has 3 aromatic rings. The molecular formula is C15H17N3O2. The van der Waals surface area contributed by atoms with Gasteiger partial charge in [-0.1, -0.05) is 32.0 Å². The second-order valence-electron chi connectivity index (χ2n) is 5.06. The van der Waals surface area contributed by atoms with Crippen molar-refractivity contribution in [2.75, 3.05) is 6.61 Å². The van der Waals surface area contributed by atoms with E-state index in [0.717, 1.165) is 16.6 Å². The highest BCUT2D eigenvalue weighted by atomic mass is 16.4. The lowest BCUT2D eigenvalue weighted by Crippen LogP contribution is -2.03. The summed E-state index contributed by atoms with van der Waals surface area (Å²) in [4.78, 5) is 0. The van der Waals surface area contributed by atoms with Crippen LogP contribution in [0.2, 0.25) is 0 Å². The zero-order valence-electron chi connectivity index (χ0n) is 11.6. The Hall–Kier alpha value is -2.14. The number of benzene rings is 1. The highest BCUT2D eigenvalue weighted by Gasteiger charge is 2.17. The van der Waals surface area contributed by atoms with Crippen LogP contribution in [0.5, 0.6) is 0 Å². The molecule has 0 atom stereocenters. The summed E-state index contributed by atoms with van der Waals surface area (Å²) in [6.45, 7) is 4.60. The predicted octanol–water partition coefficient (Wildman–Crippen LogP) is 2.81. The first-order chi connectivity index (χ1) is 9.70. The van der Waals surface area contributed by atoms with Gasteiger partial charge in [-0.25, -0.2) is 0 Å². The summed E-state index contributed by atoms with van der Waals surface area (Å²) in [5, 5.41) is 18.6. The lowest BCUT2D eigenvalue weighted by atomic mass is 10.2. The van der Waals surface area contributed by atoms with Gasteiger partial charge in [0, 0.05) is 23.4 Å². The molecule has 0 aliphatic rings. The minimum Gasteiger partial charge on any atom is -0.419 e. The maximum atomic E-state index is 9.27. The Kier molecular flexibility index (Phi) is 3.28. The van der Waals surface area contributed by atoms with Crippen molar-refractivity contribution in [2.24, 2.45) is 0 Å². The Balaban J connectivity index is 2.15. The molecule has 5 heteroatoms. The number of aliphatic hydroxyl groups is 1. The molecule has 0 fully saturated rings. The molecule has 104 valence electrons. The van der Waals surface area contributed by atoms with Gasteiger partial charge < -0.3 is 14.1 Å². The Labute approximate surface area is 116 Å². The first kappa shape index (κ1) is 12.9. The van der Waals surface area contributed by atoms with Crippen molar-refractivity contribution in [1.82, 2.24) is 14.8 Å². The number of aliphatic hydroxyl groups excluding tert-OH is 1. The maximum Gasteiger partial charge on any atom is 0.264 e. The van der Waals surface area contributed by atoms with E-state index in [0.29, 0.717) is 18.3 Å². The molecule has 3 rings (SSSR count). The van der Waals surface area contributed by atoms with E-state index in [9.17, 15) is 5.11 Å². The molecule has 0 amide bonds. The van der Waals surface area contributed by atoms with Crippen molar-refractivity contribution < 1.29 is 9.52 Å². The fraction of sp³-hybridized carbons (Fsp3) is 0.333. The smallest absolute Gasteiger partial charge is 0.264 e. The average Bonchev–Trinajstić information content (AvgIpc) is 3.04. The van der Waals surface area contributed by atoms with Gasteiger partial charge in [-0.15, -0.1) is 10.2 Å². The van der Waals surface area contributed by atoms with Crippen LogP contribution < -0.4 is 0 Å². The molecule has 2 aromatic heterocycles. The summed E-state index contributed by atoms with van der Waals surface area (Å²) < 4.78 is 7.73. The van der Waals surface area contributed by atoms with Crippen molar-refractivity contribution in [1.29, 1.82) is 0 Å². The first-order valence-electron chi connectivity index (χ1n) is 6.73. The number of rotatable bonds is 4. The van der Waals surface area contributed by atoms with Crippen LogP contribution in [-0.4, -0.2) is 26.5 Å². The Morgan fingerprint density at radius 3 is 2.75 bits per heavy atom. The van der Waals surface area contributed by atoms with Crippen LogP contribution >= 0.6 is 0 Å². The fourth-order valence-electron chi connectivity index (χ4n) is 2.30. The number of hydrogen-bond donors (Lipinski definition) is 1. The van der Waals surface area contributed by atoms with Gasteiger partial charge in [0.1, 0.15) is 5.69 Å². The molecule has 1 N–H and O–H groups in total. The molecule has 0 radical (unpaired) electrons. The van der Waals surface area contributed by atoms with E-state index < -0.39 is 0 Å². The fourth-order valence-corrected chi connectivity index (χ4v) is 2.30. The third kappa shape index (κ3) is 2.10. The third-order valence-corrected chi connectivity index (χ3v) is 3.29. The zero-order chi connectivity index (χ0) is 14.1. The monoisotopic (exact) mass is 271 g/mol. The molecule has 0 aliphatic carbocycles. The van der Waals surface area contributed by atoms with Crippen molar-refractivity contribution in [2.45, 2.75) is 26.3 Å². The summed E-state index contributed by atoms with van der Waals surface area (Å²) in [5.74, 6) is 1.33. The van der Waals surface area contributed by atoms with Gasteiger partial charge in [-0.2, -0.15) is 0 Å². The van der Waals surface area contributed by atoms with Crippen LogP contribution in [0.1, 0.15) is 25.7 Å². The summed E-state index contributed by atoms with van der Waals surface area (Å²) >= 11 is 0. The Morgan fingerprint density at radius 1 is 1.25 bits per heavy atom. The van der Waals surface area contributed by atoms with Crippen molar-refractivity contribution >= 4 is 10.9 Å². The van der Waals surface area contributed by atoms with Gasteiger partial charge in [0.15, 0.2) is 0 Å². The minimum atomic E-state index is 0.0663. The number of nitrogens with zero attached hydrogens (tertiary/aromatic N) is 3. The molecule has 2 heterocycles. The lowest BCUT2D eigenvalue weighted by molar-refractivity contribution is 0.278. The summed E-state index contributed by atoms with van der Waals surface area (Å²) in [5.41, 5.74) is 1.90. The number of fused-ring (bicyclic) bond motifs is 1. The maximum absolute atomic E-state index is 9.27. The number of para-hydroxylation sites is 1. The lowest BCUT2D eigenvalue weighted by Gasteiger charge is -2.06. The summed E-state index contributed by atoms with van der Waals surface area (Å²) in [6, 6.07) is 10.0. The van der Waals surface area contributed by atoms with Crippen LogP contribution in [0.3, 0.4) is 0 Å². The summed E-state index contributed by atoms with van der Waals surface area (Å²) in [6.07, 6.45) is 0. The normalized spacial score (nSPS) is 11.6. The Bertz CT molecular complexity index is 728. The minimum absolute atomic E-state index is 0.0663. The first-order valence-corrected chi connectivity index (χ1v) is 6.73. The molecular weight excluding hydrogens is 254 g/mol. The van der Waals surface area contributed by atoms with E-state index >= 15 is 0 Å². The second kappa shape index (κ2) is 5.09. The van der Waals surface area contributed by atoms with Crippen molar-refractivity contribution in [3.8, 4) is 11.6 Å². The number of hydrogen-bond acceptors (Lipinski definition) is 4. The van der Waals surface area contributed by atoms with E-state index in [2.05, 4.69) is 10.2 Å². The van der Waals surface area contributed by atoms with Crippen molar-refractivity contribution in [3.05, 3.63) is 36.2 Å². The number of aromatic nitrogens is 3. The molecule has 20 heavy (non-hydrogen) atoms. The van der Waals surface area contributed by atoms with Crippen LogP contribution in [0, 0.1) is 0 Å². The van der Waals surface area contributed by atoms with Gasteiger partial charge in [0.25, 0.3) is 5.89 Å². The predicted molar refractivity (Wildman–Crippen MR) is 76.4 cm³/mol. The second-order valence-corrected chi connectivity index (χ2v) is 5.06. The molecule has 0 bridgehead atoms. The summed E-state index contributed by atoms with van der Waals surface area (Å²) in [7, 11) is 0. The van der Waals surface area contributed by atoms with Gasteiger partial charge in [-0.3, -0.25) is 0 Å². The van der Waals surface area contributed by atoms with E-state index in [-0.39, 0.29) is 12.5 Å². The van der Waals surface area contributed by atoms with E-state index in [1.807, 2.05) is 48.7 Å². The largest absolute Gasteiger partial charge is 0.419 e. The molecule has 0 spiro atoms. The van der Waals surface area contributed by atoms with Gasteiger partial charge in [-0.05, 0) is 12.1 Å². The molecule has 1 aromatic carbocycles. The van der Waals surface area contributed by atoms with Crippen molar-refractivity contribution in [3.63, 3.8) is 0 Å². The molecule has 0 unspecified atom stereocenters. The van der Waals surface area contributed by atoms with Crippen LogP contribution in [-0.2, 0) is 6.54 Å². The van der Waals surface area contributed by atoms with Crippen LogP contribution in [0.25, 0.3) is 22.5 Å². The topological polar surface area (TPSA) is 64.1 Å². The average molecular weight is 271 g/mol. The highest BCUT2D eigenvalue weighted by molar-refractivity contribution is 5.85. The molecule has 0 aliphatic heterocycles. The SMILES string of the molecule is CC(C)c1nnc(-c2cc3ccccc3n2CCO)o1. The molecule has 0 saturated carbocycles.